The third-order valence-electron chi connectivity index (χ3n) is 2.71. The van der Waals surface area contributed by atoms with Crippen LogP contribution in [0.5, 0.6) is 5.75 Å². The van der Waals surface area contributed by atoms with Crippen LogP contribution in [0.2, 0.25) is 5.02 Å². The van der Waals surface area contributed by atoms with Crippen LogP contribution in [0.3, 0.4) is 0 Å². The van der Waals surface area contributed by atoms with E-state index < -0.39 is 11.7 Å². The minimum absolute atomic E-state index is 0.0324. The van der Waals surface area contributed by atoms with E-state index in [1.807, 2.05) is 0 Å². The van der Waals surface area contributed by atoms with Gasteiger partial charge in [-0.3, -0.25) is 0 Å². The minimum atomic E-state index is -4.47. The van der Waals surface area contributed by atoms with E-state index >= 15 is 0 Å². The summed E-state index contributed by atoms with van der Waals surface area (Å²) in [7, 11) is 0. The molecule has 0 aromatic heterocycles. The molecule has 0 spiro atoms. The molecule has 2 rings (SSSR count). The topological polar surface area (TPSA) is 32.3 Å². The zero-order valence-electron chi connectivity index (χ0n) is 10.2. The number of hydrogen-bond acceptors (Lipinski definition) is 2. The van der Waals surface area contributed by atoms with Gasteiger partial charge in [-0.15, -0.1) is 0 Å². The first-order valence-corrected chi connectivity index (χ1v) is 6.12. The van der Waals surface area contributed by atoms with Gasteiger partial charge >= 0.3 is 6.18 Å². The lowest BCUT2D eigenvalue weighted by atomic mass is 10.1. The van der Waals surface area contributed by atoms with Crippen molar-refractivity contribution in [1.82, 2.24) is 0 Å². The number of hydrogen-bond donors (Lipinski definition) is 2. The normalized spacial score (nSPS) is 11.4. The molecular formula is C14H11ClF3NO. The Labute approximate surface area is 118 Å². The first-order valence-electron chi connectivity index (χ1n) is 5.75. The molecule has 106 valence electrons. The van der Waals surface area contributed by atoms with Crippen LogP contribution < -0.4 is 5.32 Å². The zero-order chi connectivity index (χ0) is 14.8. The van der Waals surface area contributed by atoms with Gasteiger partial charge in [-0.25, -0.2) is 0 Å². The second-order valence-corrected chi connectivity index (χ2v) is 4.64. The smallest absolute Gasteiger partial charge is 0.418 e. The summed E-state index contributed by atoms with van der Waals surface area (Å²) in [6, 6.07) is 9.80. The second-order valence-electron chi connectivity index (χ2n) is 4.21. The summed E-state index contributed by atoms with van der Waals surface area (Å²) >= 11 is 5.60. The number of phenols is 1. The standard InChI is InChI=1S/C14H11ClF3NO/c15-10-3-6-13(12(7-10)14(16,17)18)19-8-9-1-4-11(20)5-2-9/h1-7,19-20H,8H2. The van der Waals surface area contributed by atoms with Crippen molar-refractivity contribution in [3.05, 3.63) is 58.6 Å². The fourth-order valence-corrected chi connectivity index (χ4v) is 1.89. The summed E-state index contributed by atoms with van der Waals surface area (Å²) in [5, 5.41) is 11.9. The van der Waals surface area contributed by atoms with Crippen LogP contribution in [-0.4, -0.2) is 5.11 Å². The molecule has 0 heterocycles. The number of nitrogens with one attached hydrogen (secondary N) is 1. The van der Waals surface area contributed by atoms with E-state index in [0.717, 1.165) is 11.6 Å². The molecule has 0 unspecified atom stereocenters. The van der Waals surface area contributed by atoms with E-state index in [-0.39, 0.29) is 23.0 Å². The first kappa shape index (κ1) is 14.5. The van der Waals surface area contributed by atoms with Gasteiger partial charge in [0.25, 0.3) is 0 Å². The maximum atomic E-state index is 12.9. The van der Waals surface area contributed by atoms with Crippen molar-refractivity contribution >= 4 is 17.3 Å². The van der Waals surface area contributed by atoms with Crippen LogP contribution in [0, 0.1) is 0 Å². The van der Waals surface area contributed by atoms with Gasteiger partial charge in [0, 0.05) is 17.3 Å². The molecule has 0 aliphatic rings. The third kappa shape index (κ3) is 3.57. The fourth-order valence-electron chi connectivity index (χ4n) is 1.72. The summed E-state index contributed by atoms with van der Waals surface area (Å²) in [5.41, 5.74) is -0.0790. The molecule has 2 N–H and O–H groups in total. The van der Waals surface area contributed by atoms with E-state index in [4.69, 9.17) is 16.7 Å². The number of rotatable bonds is 3. The van der Waals surface area contributed by atoms with Crippen LogP contribution in [0.1, 0.15) is 11.1 Å². The Morgan fingerprint density at radius 3 is 2.30 bits per heavy atom. The third-order valence-corrected chi connectivity index (χ3v) is 2.94. The lowest BCUT2D eigenvalue weighted by Gasteiger charge is -2.15. The van der Waals surface area contributed by atoms with Gasteiger partial charge in [0.05, 0.1) is 5.56 Å². The predicted octanol–water partition coefficient (Wildman–Crippen LogP) is 4.68. The first-order chi connectivity index (χ1) is 9.36. The van der Waals surface area contributed by atoms with Crippen molar-refractivity contribution in [2.75, 3.05) is 5.32 Å². The molecule has 0 saturated carbocycles. The molecule has 0 amide bonds. The second kappa shape index (κ2) is 5.63. The molecule has 0 saturated heterocycles. The van der Waals surface area contributed by atoms with Gasteiger partial charge in [0.2, 0.25) is 0 Å². The molecule has 0 atom stereocenters. The van der Waals surface area contributed by atoms with Crippen LogP contribution in [0.15, 0.2) is 42.5 Å². The van der Waals surface area contributed by atoms with E-state index in [1.165, 1.54) is 24.3 Å². The molecule has 0 radical (unpaired) electrons. The van der Waals surface area contributed by atoms with Gasteiger partial charge in [0.15, 0.2) is 0 Å². The van der Waals surface area contributed by atoms with Gasteiger partial charge < -0.3 is 10.4 Å². The molecule has 6 heteroatoms. The highest BCUT2D eigenvalue weighted by atomic mass is 35.5. The van der Waals surface area contributed by atoms with Crippen molar-refractivity contribution in [3.63, 3.8) is 0 Å². The van der Waals surface area contributed by atoms with Crippen molar-refractivity contribution < 1.29 is 18.3 Å². The number of alkyl halides is 3. The quantitative estimate of drug-likeness (QED) is 0.863. The lowest BCUT2D eigenvalue weighted by molar-refractivity contribution is -0.136. The van der Waals surface area contributed by atoms with E-state index in [9.17, 15) is 13.2 Å². The van der Waals surface area contributed by atoms with Crippen molar-refractivity contribution in [3.8, 4) is 5.75 Å². The number of halogens is 4. The zero-order valence-corrected chi connectivity index (χ0v) is 11.0. The number of aromatic hydroxyl groups is 1. The summed E-state index contributed by atoms with van der Waals surface area (Å²) < 4.78 is 38.6. The molecule has 20 heavy (non-hydrogen) atoms. The Kier molecular flexibility index (Phi) is 4.09. The largest absolute Gasteiger partial charge is 0.508 e. The van der Waals surface area contributed by atoms with Gasteiger partial charge in [-0.05, 0) is 35.9 Å². The van der Waals surface area contributed by atoms with Crippen LogP contribution in [-0.2, 0) is 12.7 Å². The summed E-state index contributed by atoms with van der Waals surface area (Å²) in [6.07, 6.45) is -4.47. The molecule has 2 aromatic rings. The minimum Gasteiger partial charge on any atom is -0.508 e. The molecule has 2 aromatic carbocycles. The van der Waals surface area contributed by atoms with Gasteiger partial charge in [-0.2, -0.15) is 13.2 Å². The Balaban J connectivity index is 2.19. The van der Waals surface area contributed by atoms with Crippen LogP contribution >= 0.6 is 11.6 Å². The molecular weight excluding hydrogens is 291 g/mol. The Hall–Kier alpha value is -1.88. The summed E-state index contributed by atoms with van der Waals surface area (Å²) in [5.74, 6) is 0.108. The molecule has 0 bridgehead atoms. The maximum Gasteiger partial charge on any atom is 0.418 e. The molecule has 2 nitrogen and oxygen atoms in total. The van der Waals surface area contributed by atoms with Crippen LogP contribution in [0.4, 0.5) is 18.9 Å². The highest BCUT2D eigenvalue weighted by Crippen LogP contribution is 2.36. The Morgan fingerprint density at radius 1 is 1.05 bits per heavy atom. The van der Waals surface area contributed by atoms with Gasteiger partial charge in [0.1, 0.15) is 5.75 Å². The lowest BCUT2D eigenvalue weighted by Crippen LogP contribution is -2.10. The number of anilines is 1. The highest BCUT2D eigenvalue weighted by Gasteiger charge is 2.33. The number of phenolic OH excluding ortho intramolecular Hbond substituents is 1. The van der Waals surface area contributed by atoms with E-state index in [2.05, 4.69) is 5.32 Å². The average molecular weight is 302 g/mol. The summed E-state index contributed by atoms with van der Waals surface area (Å²) in [6.45, 7) is 0.213. The average Bonchev–Trinajstić information content (AvgIpc) is 2.38. The Bertz CT molecular complexity index is 596. The molecule has 0 aliphatic heterocycles. The highest BCUT2D eigenvalue weighted by molar-refractivity contribution is 6.30. The predicted molar refractivity (Wildman–Crippen MR) is 71.9 cm³/mol. The molecule has 0 aliphatic carbocycles. The van der Waals surface area contributed by atoms with Crippen molar-refractivity contribution in [2.24, 2.45) is 0 Å². The monoisotopic (exact) mass is 301 g/mol. The fraction of sp³-hybridized carbons (Fsp3) is 0.143. The van der Waals surface area contributed by atoms with Crippen LogP contribution in [0.25, 0.3) is 0 Å². The van der Waals surface area contributed by atoms with Crippen molar-refractivity contribution in [2.45, 2.75) is 12.7 Å². The molecule has 0 fully saturated rings. The SMILES string of the molecule is Oc1ccc(CNc2ccc(Cl)cc2C(F)(F)F)cc1. The van der Waals surface area contributed by atoms with E-state index in [1.54, 1.807) is 12.1 Å². The maximum absolute atomic E-state index is 12.9. The van der Waals surface area contributed by atoms with Crippen molar-refractivity contribution in [1.29, 1.82) is 0 Å². The number of benzene rings is 2. The van der Waals surface area contributed by atoms with E-state index in [0.29, 0.717) is 0 Å². The Morgan fingerprint density at radius 2 is 1.70 bits per heavy atom. The summed E-state index contributed by atoms with van der Waals surface area (Å²) in [4.78, 5) is 0. The van der Waals surface area contributed by atoms with Gasteiger partial charge in [-0.1, -0.05) is 23.7 Å².